The van der Waals surface area contributed by atoms with Crippen LogP contribution in [0.1, 0.15) is 33.6 Å². The maximum atomic E-state index is 13.0. The third-order valence-corrected chi connectivity index (χ3v) is 5.18. The summed E-state index contributed by atoms with van der Waals surface area (Å²) < 4.78 is 5.76. The molecule has 142 valence electrons. The summed E-state index contributed by atoms with van der Waals surface area (Å²) in [5.41, 5.74) is 1.49. The van der Waals surface area contributed by atoms with Gasteiger partial charge in [-0.1, -0.05) is 23.7 Å². The predicted molar refractivity (Wildman–Crippen MR) is 106 cm³/mol. The lowest BCUT2D eigenvalue weighted by molar-refractivity contribution is 0.0883. The molecule has 0 fully saturated rings. The fraction of sp³-hybridized carbons (Fsp3) is 0.190. The normalized spacial score (nSPS) is 18.1. The zero-order valence-corrected chi connectivity index (χ0v) is 15.9. The molecule has 1 atom stereocenters. The Morgan fingerprint density at radius 1 is 1.29 bits per heavy atom. The van der Waals surface area contributed by atoms with Crippen molar-refractivity contribution >= 4 is 17.5 Å². The van der Waals surface area contributed by atoms with Crippen LogP contribution in [0.3, 0.4) is 0 Å². The molecule has 6 nitrogen and oxygen atoms in total. The average molecular weight is 396 g/mol. The van der Waals surface area contributed by atoms with Crippen LogP contribution in [-0.4, -0.2) is 22.5 Å². The first kappa shape index (κ1) is 18.3. The number of pyridine rings is 2. The third kappa shape index (κ3) is 3.16. The number of carbonyl (C=O) groups is 1. The lowest BCUT2D eigenvalue weighted by Crippen LogP contribution is -2.50. The van der Waals surface area contributed by atoms with Crippen molar-refractivity contribution in [1.29, 1.82) is 0 Å². The average Bonchev–Trinajstić information content (AvgIpc) is 2.68. The van der Waals surface area contributed by atoms with Crippen LogP contribution >= 0.6 is 11.6 Å². The molecule has 0 unspecified atom stereocenters. The molecule has 28 heavy (non-hydrogen) atoms. The fourth-order valence-electron chi connectivity index (χ4n) is 3.50. The number of H-pyrrole nitrogens is 1. The molecule has 0 saturated heterocycles. The van der Waals surface area contributed by atoms with Crippen LogP contribution in [-0.2, 0) is 5.54 Å². The van der Waals surface area contributed by atoms with Gasteiger partial charge in [-0.2, -0.15) is 0 Å². The van der Waals surface area contributed by atoms with Crippen LogP contribution in [0.5, 0.6) is 5.75 Å². The zero-order valence-electron chi connectivity index (χ0n) is 15.2. The van der Waals surface area contributed by atoms with E-state index in [1.54, 1.807) is 12.3 Å². The predicted octanol–water partition coefficient (Wildman–Crippen LogP) is 3.19. The van der Waals surface area contributed by atoms with E-state index in [4.69, 9.17) is 16.3 Å². The number of aromatic nitrogens is 2. The number of ether oxygens (including phenoxy) is 1. The van der Waals surface area contributed by atoms with E-state index in [0.29, 0.717) is 35.1 Å². The summed E-state index contributed by atoms with van der Waals surface area (Å²) in [6.45, 7) is 2.35. The van der Waals surface area contributed by atoms with E-state index in [9.17, 15) is 9.59 Å². The highest BCUT2D eigenvalue weighted by atomic mass is 35.5. The van der Waals surface area contributed by atoms with E-state index in [0.717, 1.165) is 11.1 Å². The van der Waals surface area contributed by atoms with Gasteiger partial charge < -0.3 is 15.0 Å². The first-order chi connectivity index (χ1) is 13.5. The molecule has 1 aliphatic rings. The molecule has 0 saturated carbocycles. The van der Waals surface area contributed by atoms with E-state index in [2.05, 4.69) is 15.3 Å². The van der Waals surface area contributed by atoms with E-state index in [1.165, 1.54) is 18.3 Å². The smallest absolute Gasteiger partial charge is 0.253 e. The summed E-state index contributed by atoms with van der Waals surface area (Å²) in [4.78, 5) is 31.4. The van der Waals surface area contributed by atoms with Crippen LogP contribution in [0, 0.1) is 6.92 Å². The molecule has 1 amide bonds. The maximum absolute atomic E-state index is 13.0. The zero-order chi connectivity index (χ0) is 19.7. The van der Waals surface area contributed by atoms with Gasteiger partial charge in [-0.05, 0) is 36.8 Å². The maximum Gasteiger partial charge on any atom is 0.253 e. The van der Waals surface area contributed by atoms with Crippen molar-refractivity contribution in [2.45, 2.75) is 18.9 Å². The number of nitrogens with zero attached hydrogens (tertiary/aromatic N) is 1. The second-order valence-corrected chi connectivity index (χ2v) is 7.14. The van der Waals surface area contributed by atoms with E-state index < -0.39 is 5.54 Å². The second-order valence-electron chi connectivity index (χ2n) is 6.73. The Morgan fingerprint density at radius 2 is 2.14 bits per heavy atom. The molecule has 0 bridgehead atoms. The molecule has 0 aliphatic carbocycles. The number of carbonyl (C=O) groups excluding carboxylic acids is 1. The quantitative estimate of drug-likeness (QED) is 0.713. The van der Waals surface area contributed by atoms with Crippen LogP contribution in [0.2, 0.25) is 5.02 Å². The van der Waals surface area contributed by atoms with Gasteiger partial charge >= 0.3 is 0 Å². The van der Waals surface area contributed by atoms with Crippen molar-refractivity contribution in [2.24, 2.45) is 0 Å². The molecule has 3 aromatic rings. The number of halogens is 1. The van der Waals surface area contributed by atoms with Gasteiger partial charge in [0.15, 0.2) is 0 Å². The topological polar surface area (TPSA) is 84.1 Å². The Hall–Kier alpha value is -3.12. The number of benzene rings is 1. The highest BCUT2D eigenvalue weighted by molar-refractivity contribution is 6.31. The third-order valence-electron chi connectivity index (χ3n) is 4.87. The van der Waals surface area contributed by atoms with E-state index in [1.807, 2.05) is 31.2 Å². The van der Waals surface area contributed by atoms with Gasteiger partial charge in [0, 0.05) is 35.5 Å². The van der Waals surface area contributed by atoms with Crippen molar-refractivity contribution in [3.8, 4) is 5.75 Å². The number of nitrogens with one attached hydrogen (secondary N) is 2. The monoisotopic (exact) mass is 395 g/mol. The number of fused-ring (bicyclic) bond motifs is 1. The van der Waals surface area contributed by atoms with Crippen molar-refractivity contribution in [3.05, 3.63) is 92.6 Å². The fourth-order valence-corrected chi connectivity index (χ4v) is 3.89. The Morgan fingerprint density at radius 3 is 2.89 bits per heavy atom. The molecule has 7 heteroatoms. The first-order valence-electron chi connectivity index (χ1n) is 8.86. The standard InChI is InChI=1S/C21H18ClN3O3/c1-13-4-6-15(16(22)11-13)21(8-10-28-17-3-2-9-23-19(17)21)25-20(27)14-5-7-18(26)24-12-14/h2-7,9,11-12H,8,10H2,1H3,(H,24,26)(H,25,27)/t21-/m0/s1. The number of aryl methyl sites for hydroxylation is 1. The highest BCUT2D eigenvalue weighted by Crippen LogP contribution is 2.43. The molecule has 4 rings (SSSR count). The van der Waals surface area contributed by atoms with Crippen LogP contribution in [0.15, 0.2) is 59.7 Å². The summed E-state index contributed by atoms with van der Waals surface area (Å²) in [7, 11) is 0. The second kappa shape index (κ2) is 7.13. The summed E-state index contributed by atoms with van der Waals surface area (Å²) >= 11 is 6.60. The van der Waals surface area contributed by atoms with Crippen LogP contribution in [0.25, 0.3) is 0 Å². The summed E-state index contributed by atoms with van der Waals surface area (Å²) in [6.07, 6.45) is 3.52. The van der Waals surface area contributed by atoms with E-state index >= 15 is 0 Å². The number of hydrogen-bond donors (Lipinski definition) is 2. The summed E-state index contributed by atoms with van der Waals surface area (Å²) in [6, 6.07) is 12.1. The van der Waals surface area contributed by atoms with Crippen molar-refractivity contribution in [3.63, 3.8) is 0 Å². The Kier molecular flexibility index (Phi) is 4.65. The van der Waals surface area contributed by atoms with Crippen molar-refractivity contribution < 1.29 is 9.53 Å². The van der Waals surface area contributed by atoms with Crippen LogP contribution < -0.4 is 15.6 Å². The number of amides is 1. The Labute approximate surface area is 166 Å². The number of aromatic amines is 1. The van der Waals surface area contributed by atoms with Gasteiger partial charge in [0.25, 0.3) is 5.91 Å². The molecule has 3 heterocycles. The molecule has 2 N–H and O–H groups in total. The van der Waals surface area contributed by atoms with Gasteiger partial charge in [-0.15, -0.1) is 0 Å². The minimum atomic E-state index is -0.952. The summed E-state index contributed by atoms with van der Waals surface area (Å²) in [5.74, 6) is 0.263. The van der Waals surface area contributed by atoms with Gasteiger partial charge in [0.05, 0.1) is 12.2 Å². The lowest BCUT2D eigenvalue weighted by atomic mass is 9.80. The summed E-state index contributed by atoms with van der Waals surface area (Å²) in [5, 5.41) is 3.65. The first-order valence-corrected chi connectivity index (χ1v) is 9.23. The SMILES string of the molecule is Cc1ccc([C@@]2(NC(=O)c3ccc(=O)[nH]c3)CCOc3cccnc32)c(Cl)c1. The van der Waals surface area contributed by atoms with Crippen LogP contribution in [0.4, 0.5) is 0 Å². The molecule has 0 spiro atoms. The van der Waals surface area contributed by atoms with Gasteiger partial charge in [0.1, 0.15) is 17.0 Å². The Balaban J connectivity index is 1.87. The Bertz CT molecular complexity index is 1090. The molecule has 2 aromatic heterocycles. The number of rotatable bonds is 3. The van der Waals surface area contributed by atoms with Crippen molar-refractivity contribution in [1.82, 2.24) is 15.3 Å². The molecular formula is C21H18ClN3O3. The van der Waals surface area contributed by atoms with Gasteiger partial charge in [-0.25, -0.2) is 0 Å². The minimum Gasteiger partial charge on any atom is -0.491 e. The van der Waals surface area contributed by atoms with Crippen molar-refractivity contribution in [2.75, 3.05) is 6.61 Å². The highest BCUT2D eigenvalue weighted by Gasteiger charge is 2.43. The molecule has 1 aliphatic heterocycles. The largest absolute Gasteiger partial charge is 0.491 e. The minimum absolute atomic E-state index is 0.272. The molecular weight excluding hydrogens is 378 g/mol. The van der Waals surface area contributed by atoms with Gasteiger partial charge in [0.2, 0.25) is 5.56 Å². The van der Waals surface area contributed by atoms with Gasteiger partial charge in [-0.3, -0.25) is 14.6 Å². The molecule has 0 radical (unpaired) electrons. The molecule has 1 aromatic carbocycles. The number of hydrogen-bond acceptors (Lipinski definition) is 4. The lowest BCUT2D eigenvalue weighted by Gasteiger charge is -2.39. The van der Waals surface area contributed by atoms with E-state index in [-0.39, 0.29) is 11.5 Å².